The second-order valence-electron chi connectivity index (χ2n) is 5.93. The molecule has 2 atom stereocenters. The first-order chi connectivity index (χ1) is 8.21. The van der Waals surface area contributed by atoms with Crippen molar-refractivity contribution in [3.05, 3.63) is 11.8 Å². The highest BCUT2D eigenvalue weighted by molar-refractivity contribution is 6.70. The van der Waals surface area contributed by atoms with Crippen LogP contribution in [0.2, 0.25) is 19.6 Å². The van der Waals surface area contributed by atoms with Gasteiger partial charge in [0, 0.05) is 6.42 Å². The summed E-state index contributed by atoms with van der Waals surface area (Å²) >= 11 is 0. The molecule has 0 aliphatic heterocycles. The van der Waals surface area contributed by atoms with E-state index in [9.17, 15) is 14.3 Å². The zero-order chi connectivity index (χ0) is 14.0. The summed E-state index contributed by atoms with van der Waals surface area (Å²) in [7, 11) is -1.66. The Morgan fingerprint density at radius 1 is 1.61 bits per heavy atom. The Morgan fingerprint density at radius 3 is 2.56 bits per heavy atom. The second kappa shape index (κ2) is 5.43. The highest BCUT2D eigenvalue weighted by Crippen LogP contribution is 2.42. The van der Waals surface area contributed by atoms with Gasteiger partial charge in [0.15, 0.2) is 0 Å². The molecule has 0 aromatic carbocycles. The molecule has 0 radical (unpaired) electrons. The molecule has 0 spiro atoms. The van der Waals surface area contributed by atoms with E-state index in [4.69, 9.17) is 4.43 Å². The topological polar surface area (TPSA) is 46.5 Å². The molecule has 5 heteroatoms. The molecule has 104 valence electrons. The van der Waals surface area contributed by atoms with Crippen LogP contribution in [0.3, 0.4) is 0 Å². The predicted octanol–water partition coefficient (Wildman–Crippen LogP) is 3.72. The average Bonchev–Trinajstić information content (AvgIpc) is 2.26. The van der Waals surface area contributed by atoms with E-state index in [1.54, 1.807) is 13.0 Å². The van der Waals surface area contributed by atoms with E-state index >= 15 is 0 Å². The first-order valence-electron chi connectivity index (χ1n) is 6.47. The molecule has 0 aromatic rings. The lowest BCUT2D eigenvalue weighted by molar-refractivity contribution is -0.154. The lowest BCUT2D eigenvalue weighted by atomic mass is 9.72. The zero-order valence-electron chi connectivity index (χ0n) is 11.6. The molecule has 1 N–H and O–H groups in total. The standard InChI is InChI=1S/C13H23FO3Si/c1-5-11(14)13(12(15)16)8-6-10(7-9-13)17-18(2,3)4/h6,11H,5,7-9H2,1-4H3,(H,15,16). The number of alkyl halides is 1. The van der Waals surface area contributed by atoms with Crippen molar-refractivity contribution in [1.82, 2.24) is 0 Å². The molecule has 18 heavy (non-hydrogen) atoms. The molecular formula is C13H23FO3Si. The van der Waals surface area contributed by atoms with Crippen molar-refractivity contribution in [2.75, 3.05) is 0 Å². The lowest BCUT2D eigenvalue weighted by Crippen LogP contribution is -2.41. The van der Waals surface area contributed by atoms with E-state index in [1.165, 1.54) is 0 Å². The first-order valence-corrected chi connectivity index (χ1v) is 9.87. The average molecular weight is 274 g/mol. The Kier molecular flexibility index (Phi) is 4.59. The maximum absolute atomic E-state index is 13.9. The quantitative estimate of drug-likeness (QED) is 0.777. The smallest absolute Gasteiger partial charge is 0.312 e. The van der Waals surface area contributed by atoms with Crippen LogP contribution in [0.25, 0.3) is 0 Å². The molecule has 1 aliphatic carbocycles. The van der Waals surface area contributed by atoms with E-state index < -0.39 is 25.9 Å². The third-order valence-electron chi connectivity index (χ3n) is 3.33. The molecule has 0 saturated carbocycles. The van der Waals surface area contributed by atoms with Gasteiger partial charge in [-0.15, -0.1) is 0 Å². The molecule has 1 rings (SSSR count). The molecule has 0 amide bonds. The van der Waals surface area contributed by atoms with Gasteiger partial charge in [-0.05, 0) is 45.0 Å². The minimum absolute atomic E-state index is 0.233. The lowest BCUT2D eigenvalue weighted by Gasteiger charge is -2.36. The van der Waals surface area contributed by atoms with Gasteiger partial charge in [0.05, 0.1) is 5.76 Å². The summed E-state index contributed by atoms with van der Waals surface area (Å²) in [5, 5.41) is 9.31. The Bertz CT molecular complexity index is 349. The number of rotatable bonds is 5. The normalized spacial score (nSPS) is 26.4. The van der Waals surface area contributed by atoms with Crippen molar-refractivity contribution in [3.63, 3.8) is 0 Å². The summed E-state index contributed by atoms with van der Waals surface area (Å²) < 4.78 is 19.8. The number of aliphatic carboxylic acids is 1. The molecule has 0 saturated heterocycles. The van der Waals surface area contributed by atoms with Gasteiger partial charge in [0.2, 0.25) is 8.32 Å². The minimum atomic E-state index is -1.66. The van der Waals surface area contributed by atoms with E-state index in [-0.39, 0.29) is 12.8 Å². The van der Waals surface area contributed by atoms with Gasteiger partial charge in [-0.3, -0.25) is 4.79 Å². The summed E-state index contributed by atoms with van der Waals surface area (Å²) in [4.78, 5) is 11.4. The van der Waals surface area contributed by atoms with Crippen molar-refractivity contribution in [1.29, 1.82) is 0 Å². The third-order valence-corrected chi connectivity index (χ3v) is 4.21. The van der Waals surface area contributed by atoms with Crippen molar-refractivity contribution in [2.24, 2.45) is 5.41 Å². The molecule has 3 nitrogen and oxygen atoms in total. The Labute approximate surface area is 109 Å². The van der Waals surface area contributed by atoms with Gasteiger partial charge in [0.1, 0.15) is 11.6 Å². The van der Waals surface area contributed by atoms with Crippen molar-refractivity contribution < 1.29 is 18.7 Å². The fourth-order valence-corrected chi connectivity index (χ4v) is 3.31. The van der Waals surface area contributed by atoms with Crippen LogP contribution in [0.4, 0.5) is 4.39 Å². The van der Waals surface area contributed by atoms with Crippen LogP contribution in [0.1, 0.15) is 32.6 Å². The number of allylic oxidation sites excluding steroid dienone is 2. The maximum atomic E-state index is 13.9. The fourth-order valence-electron chi connectivity index (χ4n) is 2.34. The Morgan fingerprint density at radius 2 is 2.22 bits per heavy atom. The SMILES string of the molecule is CCC(F)C1(C(=O)O)CC=C(O[Si](C)(C)C)CC1. The molecule has 0 aromatic heterocycles. The monoisotopic (exact) mass is 274 g/mol. The molecule has 0 bridgehead atoms. The van der Waals surface area contributed by atoms with Gasteiger partial charge in [-0.2, -0.15) is 0 Å². The molecule has 0 heterocycles. The van der Waals surface area contributed by atoms with Gasteiger partial charge in [0.25, 0.3) is 0 Å². The van der Waals surface area contributed by atoms with Crippen LogP contribution in [-0.2, 0) is 9.22 Å². The summed E-state index contributed by atoms with van der Waals surface area (Å²) in [6, 6.07) is 0. The number of hydrogen-bond donors (Lipinski definition) is 1. The predicted molar refractivity (Wildman–Crippen MR) is 71.6 cm³/mol. The van der Waals surface area contributed by atoms with Gasteiger partial charge in [-0.25, -0.2) is 4.39 Å². The summed E-state index contributed by atoms with van der Waals surface area (Å²) in [5.41, 5.74) is -1.25. The third kappa shape index (κ3) is 3.34. The number of carboxylic acid groups (broad SMARTS) is 1. The van der Waals surface area contributed by atoms with E-state index in [1.807, 2.05) is 0 Å². The molecule has 0 fully saturated rings. The summed E-state index contributed by atoms with van der Waals surface area (Å²) in [6.07, 6.45) is 1.81. The van der Waals surface area contributed by atoms with E-state index in [0.29, 0.717) is 12.8 Å². The van der Waals surface area contributed by atoms with Crippen molar-refractivity contribution in [3.8, 4) is 0 Å². The number of halogens is 1. The highest BCUT2D eigenvalue weighted by atomic mass is 28.4. The summed E-state index contributed by atoms with van der Waals surface area (Å²) in [6.45, 7) is 7.93. The van der Waals surface area contributed by atoms with Gasteiger partial charge >= 0.3 is 5.97 Å². The molecule has 1 aliphatic rings. The zero-order valence-corrected chi connectivity index (χ0v) is 12.6. The Hall–Kier alpha value is -0.843. The van der Waals surface area contributed by atoms with Crippen LogP contribution >= 0.6 is 0 Å². The minimum Gasteiger partial charge on any atom is -0.548 e. The highest BCUT2D eigenvalue weighted by Gasteiger charge is 2.46. The van der Waals surface area contributed by atoms with Crippen LogP contribution in [0.15, 0.2) is 11.8 Å². The number of carbonyl (C=O) groups is 1. The van der Waals surface area contributed by atoms with Crippen molar-refractivity contribution in [2.45, 2.75) is 58.4 Å². The van der Waals surface area contributed by atoms with E-state index in [2.05, 4.69) is 19.6 Å². The summed E-state index contributed by atoms with van der Waals surface area (Å²) in [5.74, 6) is -0.186. The van der Waals surface area contributed by atoms with Gasteiger partial charge < -0.3 is 9.53 Å². The van der Waals surface area contributed by atoms with Crippen LogP contribution in [0.5, 0.6) is 0 Å². The molecular weight excluding hydrogens is 251 g/mol. The van der Waals surface area contributed by atoms with Crippen LogP contribution in [-0.4, -0.2) is 25.6 Å². The Balaban J connectivity index is 2.83. The van der Waals surface area contributed by atoms with Crippen LogP contribution in [0, 0.1) is 5.41 Å². The number of carboxylic acids is 1. The largest absolute Gasteiger partial charge is 0.548 e. The van der Waals surface area contributed by atoms with Crippen molar-refractivity contribution >= 4 is 14.3 Å². The van der Waals surface area contributed by atoms with Gasteiger partial charge in [-0.1, -0.05) is 6.92 Å². The molecule has 2 unspecified atom stereocenters. The first kappa shape index (κ1) is 15.2. The second-order valence-corrected chi connectivity index (χ2v) is 10.4. The number of hydrogen-bond acceptors (Lipinski definition) is 2. The van der Waals surface area contributed by atoms with E-state index in [0.717, 1.165) is 5.76 Å². The van der Waals surface area contributed by atoms with Crippen LogP contribution < -0.4 is 0 Å². The fraction of sp³-hybridized carbons (Fsp3) is 0.769. The maximum Gasteiger partial charge on any atom is 0.312 e.